The molecule has 0 aliphatic rings. The van der Waals surface area contributed by atoms with Crippen LogP contribution in [-0.4, -0.2) is 0 Å². The summed E-state index contributed by atoms with van der Waals surface area (Å²) in [4.78, 5) is 6.23. The van der Waals surface area contributed by atoms with Gasteiger partial charge in [-0.2, -0.15) is 0 Å². The Morgan fingerprint density at radius 1 is 0.923 bits per heavy atom. The molecule has 0 unspecified atom stereocenters. The van der Waals surface area contributed by atoms with Crippen LogP contribution in [0.3, 0.4) is 0 Å². The number of anilines is 1. The van der Waals surface area contributed by atoms with Crippen molar-refractivity contribution in [2.24, 2.45) is 0 Å². The molecule has 3 nitrogen and oxygen atoms in total. The average Bonchev–Trinajstić information content (AvgIpc) is 2.20. The summed E-state index contributed by atoms with van der Waals surface area (Å²) in [5, 5.41) is 0. The lowest BCUT2D eigenvalue weighted by atomic mass is 10.2. The van der Waals surface area contributed by atoms with E-state index in [-0.39, 0.29) is 0 Å². The van der Waals surface area contributed by atoms with Gasteiger partial charge in [0.25, 0.3) is 11.4 Å². The third-order valence-corrected chi connectivity index (χ3v) is 1.84. The molecule has 2 rings (SSSR count). The molecule has 3 heteroatoms. The minimum atomic E-state index is 0.736. The maximum absolute atomic E-state index is 5.56. The molecule has 2 aromatic rings. The van der Waals surface area contributed by atoms with Crippen molar-refractivity contribution in [1.82, 2.24) is 0 Å². The largest absolute Gasteiger partial charge is 0.394 e. The molecule has 0 amide bonds. The van der Waals surface area contributed by atoms with Crippen LogP contribution in [0.15, 0.2) is 42.7 Å². The van der Waals surface area contributed by atoms with E-state index in [2.05, 4.69) is 9.97 Å². The summed E-state index contributed by atoms with van der Waals surface area (Å²) in [5.74, 6) is 0. The van der Waals surface area contributed by atoms with E-state index >= 15 is 0 Å². The van der Waals surface area contributed by atoms with Crippen molar-refractivity contribution in [1.29, 1.82) is 0 Å². The minimum Gasteiger partial charge on any atom is -0.394 e. The van der Waals surface area contributed by atoms with Crippen LogP contribution in [0.2, 0.25) is 0 Å². The number of hydrogen-bond acceptors (Lipinski definition) is 1. The molecular formula is C10H11N3+2. The number of nitrogens with one attached hydrogen (secondary N) is 2. The zero-order valence-electron chi connectivity index (χ0n) is 7.12. The fraction of sp³-hybridized carbons (Fsp3) is 0. The highest BCUT2D eigenvalue weighted by Crippen LogP contribution is 2.07. The van der Waals surface area contributed by atoms with E-state index in [1.54, 1.807) is 6.20 Å². The lowest BCUT2D eigenvalue weighted by molar-refractivity contribution is -0.401. The Kier molecular flexibility index (Phi) is 1.92. The molecule has 0 radical (unpaired) electrons. The van der Waals surface area contributed by atoms with E-state index in [4.69, 9.17) is 5.73 Å². The Hall–Kier alpha value is -1.90. The SMILES string of the molecule is Nc1ccc(-c2cccc[nH+]2)[nH+]c1. The molecular weight excluding hydrogens is 162 g/mol. The van der Waals surface area contributed by atoms with Crippen molar-refractivity contribution < 1.29 is 9.97 Å². The van der Waals surface area contributed by atoms with E-state index in [0.29, 0.717) is 0 Å². The van der Waals surface area contributed by atoms with Crippen molar-refractivity contribution in [3.05, 3.63) is 42.7 Å². The second-order valence-electron chi connectivity index (χ2n) is 2.81. The van der Waals surface area contributed by atoms with Gasteiger partial charge < -0.3 is 5.73 Å². The quantitative estimate of drug-likeness (QED) is 0.673. The first-order chi connectivity index (χ1) is 6.36. The smallest absolute Gasteiger partial charge is 0.275 e. The molecule has 2 aromatic heterocycles. The zero-order chi connectivity index (χ0) is 9.10. The maximum Gasteiger partial charge on any atom is 0.275 e. The Balaban J connectivity index is 2.42. The number of H-pyrrole nitrogens is 2. The highest BCUT2D eigenvalue weighted by atomic mass is 14.8. The number of aromatic nitrogens is 2. The lowest BCUT2D eigenvalue weighted by Crippen LogP contribution is -2.14. The van der Waals surface area contributed by atoms with Crippen LogP contribution >= 0.6 is 0 Å². The first kappa shape index (κ1) is 7.73. The topological polar surface area (TPSA) is 54.3 Å². The second-order valence-corrected chi connectivity index (χ2v) is 2.81. The number of nitrogens with two attached hydrogens (primary N) is 1. The molecule has 0 aliphatic heterocycles. The van der Waals surface area contributed by atoms with Gasteiger partial charge in [-0.05, 0) is 12.1 Å². The molecule has 0 spiro atoms. The number of rotatable bonds is 1. The van der Waals surface area contributed by atoms with Crippen molar-refractivity contribution in [2.75, 3.05) is 5.73 Å². The summed E-state index contributed by atoms with van der Waals surface area (Å²) in [6.45, 7) is 0. The highest BCUT2D eigenvalue weighted by molar-refractivity contribution is 5.48. The second kappa shape index (κ2) is 3.23. The van der Waals surface area contributed by atoms with Crippen LogP contribution in [0.5, 0.6) is 0 Å². The molecule has 0 fully saturated rings. The van der Waals surface area contributed by atoms with Gasteiger partial charge >= 0.3 is 0 Å². The van der Waals surface area contributed by atoms with Crippen molar-refractivity contribution in [2.45, 2.75) is 0 Å². The van der Waals surface area contributed by atoms with Gasteiger partial charge in [-0.25, -0.2) is 9.97 Å². The average molecular weight is 173 g/mol. The number of aromatic amines is 2. The van der Waals surface area contributed by atoms with Crippen LogP contribution in [0.25, 0.3) is 11.4 Å². The van der Waals surface area contributed by atoms with Gasteiger partial charge in [0.2, 0.25) is 0 Å². The van der Waals surface area contributed by atoms with Crippen molar-refractivity contribution >= 4 is 5.69 Å². The van der Waals surface area contributed by atoms with Gasteiger partial charge in [0.1, 0.15) is 0 Å². The lowest BCUT2D eigenvalue weighted by Gasteiger charge is -1.88. The summed E-state index contributed by atoms with van der Waals surface area (Å²) >= 11 is 0. The Morgan fingerprint density at radius 2 is 1.77 bits per heavy atom. The molecule has 13 heavy (non-hydrogen) atoms. The highest BCUT2D eigenvalue weighted by Gasteiger charge is 2.09. The van der Waals surface area contributed by atoms with E-state index < -0.39 is 0 Å². The monoisotopic (exact) mass is 173 g/mol. The van der Waals surface area contributed by atoms with Gasteiger partial charge in [0, 0.05) is 18.2 Å². The van der Waals surface area contributed by atoms with E-state index in [9.17, 15) is 0 Å². The summed E-state index contributed by atoms with van der Waals surface area (Å²) in [6, 6.07) is 9.74. The molecule has 0 aliphatic carbocycles. The summed E-state index contributed by atoms with van der Waals surface area (Å²) in [6.07, 6.45) is 3.66. The van der Waals surface area contributed by atoms with Crippen LogP contribution in [0, 0.1) is 0 Å². The predicted molar refractivity (Wildman–Crippen MR) is 49.4 cm³/mol. The van der Waals surface area contributed by atoms with Gasteiger partial charge in [0.05, 0.1) is 5.69 Å². The Morgan fingerprint density at radius 3 is 2.38 bits per heavy atom. The number of pyridine rings is 2. The molecule has 2 heterocycles. The van der Waals surface area contributed by atoms with Gasteiger partial charge in [0.15, 0.2) is 12.4 Å². The maximum atomic E-state index is 5.56. The fourth-order valence-electron chi connectivity index (χ4n) is 1.17. The third-order valence-electron chi connectivity index (χ3n) is 1.84. The Labute approximate surface area is 76.3 Å². The third kappa shape index (κ3) is 1.64. The van der Waals surface area contributed by atoms with Crippen LogP contribution in [0.4, 0.5) is 5.69 Å². The van der Waals surface area contributed by atoms with E-state index in [1.807, 2.05) is 36.5 Å². The van der Waals surface area contributed by atoms with E-state index in [1.165, 1.54) is 0 Å². The number of nitrogen functional groups attached to an aromatic ring is 1. The van der Waals surface area contributed by atoms with Crippen molar-refractivity contribution in [3.63, 3.8) is 0 Å². The van der Waals surface area contributed by atoms with Gasteiger partial charge in [-0.15, -0.1) is 0 Å². The molecule has 0 bridgehead atoms. The van der Waals surface area contributed by atoms with Crippen molar-refractivity contribution in [3.8, 4) is 11.4 Å². The van der Waals surface area contributed by atoms with Gasteiger partial charge in [-0.3, -0.25) is 0 Å². The normalized spacial score (nSPS) is 9.85. The van der Waals surface area contributed by atoms with Crippen LogP contribution in [-0.2, 0) is 0 Å². The summed E-state index contributed by atoms with van der Waals surface area (Å²) < 4.78 is 0. The number of hydrogen-bond donors (Lipinski definition) is 1. The zero-order valence-corrected chi connectivity index (χ0v) is 7.12. The van der Waals surface area contributed by atoms with Crippen LogP contribution < -0.4 is 15.7 Å². The standard InChI is InChI=1S/C10H9N3/c11-8-4-5-10(13-7-8)9-3-1-2-6-12-9/h1-7H,11H2/p+2. The fourth-order valence-corrected chi connectivity index (χ4v) is 1.17. The predicted octanol–water partition coefficient (Wildman–Crippen LogP) is 0.564. The molecule has 0 atom stereocenters. The molecule has 0 saturated heterocycles. The molecule has 4 N–H and O–H groups in total. The minimum absolute atomic E-state index is 0.736. The van der Waals surface area contributed by atoms with E-state index in [0.717, 1.165) is 17.1 Å². The summed E-state index contributed by atoms with van der Waals surface area (Å²) in [5.41, 5.74) is 8.37. The van der Waals surface area contributed by atoms with Gasteiger partial charge in [-0.1, -0.05) is 0 Å². The molecule has 0 saturated carbocycles. The summed E-state index contributed by atoms with van der Waals surface area (Å²) in [7, 11) is 0. The first-order valence-corrected chi connectivity index (χ1v) is 4.10. The molecule has 0 aromatic carbocycles. The molecule has 64 valence electrons. The Bertz CT molecular complexity index is 381. The van der Waals surface area contributed by atoms with Crippen LogP contribution in [0.1, 0.15) is 0 Å². The first-order valence-electron chi connectivity index (χ1n) is 4.10.